The van der Waals surface area contributed by atoms with Gasteiger partial charge in [-0.25, -0.2) is 8.42 Å². The van der Waals surface area contributed by atoms with Crippen LogP contribution in [0.3, 0.4) is 0 Å². The van der Waals surface area contributed by atoms with Crippen molar-refractivity contribution < 1.29 is 13.3 Å². The van der Waals surface area contributed by atoms with E-state index in [0.717, 1.165) is 25.3 Å². The molecular weight excluding hydrogens is 316 g/mol. The van der Waals surface area contributed by atoms with E-state index in [9.17, 15) is 18.5 Å². The molecule has 1 fully saturated rings. The molecule has 0 spiro atoms. The average molecular weight is 333 g/mol. The van der Waals surface area contributed by atoms with E-state index in [0.29, 0.717) is 6.54 Å². The number of piperidine rings is 1. The highest BCUT2D eigenvalue weighted by Crippen LogP contribution is 2.32. The summed E-state index contributed by atoms with van der Waals surface area (Å²) in [6, 6.07) is 2.28. The van der Waals surface area contributed by atoms with Crippen LogP contribution < -0.4 is 0 Å². The standard InChI is InChI=1S/C13H17ClN2O4S/c1-9-5-3-4-6-15(9)21(19,20)11-7-12(14)10(2)13(8-11)16(17)18/h7-9H,3-6H2,1-2H3. The zero-order valence-electron chi connectivity index (χ0n) is 11.9. The van der Waals surface area contributed by atoms with Crippen molar-refractivity contribution in [2.75, 3.05) is 6.54 Å². The molecule has 0 radical (unpaired) electrons. The maximum absolute atomic E-state index is 12.7. The number of nitrogens with zero attached hydrogens (tertiary/aromatic N) is 2. The zero-order chi connectivity index (χ0) is 15.8. The lowest BCUT2D eigenvalue weighted by Crippen LogP contribution is -2.41. The van der Waals surface area contributed by atoms with Crippen LogP contribution in [0.4, 0.5) is 5.69 Å². The first-order valence-electron chi connectivity index (χ1n) is 6.71. The number of benzene rings is 1. The highest BCUT2D eigenvalue weighted by Gasteiger charge is 2.32. The Morgan fingerprint density at radius 1 is 1.38 bits per heavy atom. The molecule has 0 amide bonds. The Hall–Kier alpha value is -1.18. The van der Waals surface area contributed by atoms with Gasteiger partial charge in [0.1, 0.15) is 0 Å². The summed E-state index contributed by atoms with van der Waals surface area (Å²) in [4.78, 5) is 10.3. The van der Waals surface area contributed by atoms with Gasteiger partial charge in [-0.05, 0) is 32.8 Å². The Kier molecular flexibility index (Phi) is 4.55. The third kappa shape index (κ3) is 3.04. The molecule has 1 unspecified atom stereocenters. The fourth-order valence-electron chi connectivity index (χ4n) is 2.54. The SMILES string of the molecule is Cc1c(Cl)cc(S(=O)(=O)N2CCCCC2C)cc1[N+](=O)[O-]. The quantitative estimate of drug-likeness (QED) is 0.629. The van der Waals surface area contributed by atoms with Crippen LogP contribution in [-0.4, -0.2) is 30.2 Å². The molecule has 21 heavy (non-hydrogen) atoms. The second kappa shape index (κ2) is 5.90. The lowest BCUT2D eigenvalue weighted by atomic mass is 10.1. The minimum atomic E-state index is -3.76. The van der Waals surface area contributed by atoms with E-state index < -0.39 is 14.9 Å². The maximum Gasteiger partial charge on any atom is 0.275 e. The van der Waals surface area contributed by atoms with Crippen molar-refractivity contribution in [2.24, 2.45) is 0 Å². The Morgan fingerprint density at radius 3 is 2.62 bits per heavy atom. The summed E-state index contributed by atoms with van der Waals surface area (Å²) < 4.78 is 26.8. The van der Waals surface area contributed by atoms with Gasteiger partial charge >= 0.3 is 0 Å². The van der Waals surface area contributed by atoms with Crippen LogP contribution in [0.25, 0.3) is 0 Å². The largest absolute Gasteiger partial charge is 0.275 e. The first kappa shape index (κ1) is 16.2. The van der Waals surface area contributed by atoms with Crippen molar-refractivity contribution in [3.05, 3.63) is 32.8 Å². The second-order valence-corrected chi connectivity index (χ2v) is 7.56. The maximum atomic E-state index is 12.7. The number of hydrogen-bond donors (Lipinski definition) is 0. The van der Waals surface area contributed by atoms with Gasteiger partial charge < -0.3 is 0 Å². The summed E-state index contributed by atoms with van der Waals surface area (Å²) in [5, 5.41) is 11.1. The van der Waals surface area contributed by atoms with E-state index in [-0.39, 0.29) is 27.2 Å². The average Bonchev–Trinajstić information content (AvgIpc) is 2.41. The van der Waals surface area contributed by atoms with Gasteiger partial charge in [-0.2, -0.15) is 4.31 Å². The zero-order valence-corrected chi connectivity index (χ0v) is 13.4. The molecule has 1 saturated heterocycles. The van der Waals surface area contributed by atoms with Crippen LogP contribution in [-0.2, 0) is 10.0 Å². The Labute approximate surface area is 128 Å². The van der Waals surface area contributed by atoms with Gasteiger partial charge in [-0.3, -0.25) is 10.1 Å². The molecule has 8 heteroatoms. The first-order valence-corrected chi connectivity index (χ1v) is 8.53. The van der Waals surface area contributed by atoms with Crippen LogP contribution in [0, 0.1) is 17.0 Å². The van der Waals surface area contributed by atoms with Gasteiger partial charge in [0.2, 0.25) is 10.0 Å². The van der Waals surface area contributed by atoms with Crippen LogP contribution >= 0.6 is 11.6 Å². The van der Waals surface area contributed by atoms with E-state index in [1.807, 2.05) is 6.92 Å². The van der Waals surface area contributed by atoms with E-state index in [2.05, 4.69) is 0 Å². The van der Waals surface area contributed by atoms with Crippen molar-refractivity contribution in [2.45, 2.75) is 44.0 Å². The van der Waals surface area contributed by atoms with Crippen LogP contribution in [0.1, 0.15) is 31.7 Å². The number of halogens is 1. The minimum absolute atomic E-state index is 0.0902. The van der Waals surface area contributed by atoms with Gasteiger partial charge in [-0.1, -0.05) is 18.0 Å². The van der Waals surface area contributed by atoms with E-state index in [1.54, 1.807) is 0 Å². The third-order valence-electron chi connectivity index (χ3n) is 3.84. The van der Waals surface area contributed by atoms with Crippen LogP contribution in [0.15, 0.2) is 17.0 Å². The number of nitro groups is 1. The molecule has 0 saturated carbocycles. The molecule has 1 aromatic rings. The van der Waals surface area contributed by atoms with Crippen molar-refractivity contribution in [1.29, 1.82) is 0 Å². The molecule has 0 bridgehead atoms. The summed E-state index contributed by atoms with van der Waals surface area (Å²) in [6.07, 6.45) is 2.58. The summed E-state index contributed by atoms with van der Waals surface area (Å²) >= 11 is 5.96. The van der Waals surface area contributed by atoms with Crippen molar-refractivity contribution in [3.63, 3.8) is 0 Å². The summed E-state index contributed by atoms with van der Waals surface area (Å²) in [7, 11) is -3.76. The van der Waals surface area contributed by atoms with Gasteiger partial charge in [0.15, 0.2) is 0 Å². The van der Waals surface area contributed by atoms with Crippen LogP contribution in [0.2, 0.25) is 5.02 Å². The number of hydrogen-bond acceptors (Lipinski definition) is 4. The van der Waals surface area contributed by atoms with Gasteiger partial charge in [0, 0.05) is 24.2 Å². The second-order valence-electron chi connectivity index (χ2n) is 5.27. The van der Waals surface area contributed by atoms with Gasteiger partial charge in [-0.15, -0.1) is 0 Å². The highest BCUT2D eigenvalue weighted by atomic mass is 35.5. The first-order chi connectivity index (χ1) is 9.75. The van der Waals surface area contributed by atoms with Crippen molar-refractivity contribution in [1.82, 2.24) is 4.31 Å². The van der Waals surface area contributed by atoms with Crippen molar-refractivity contribution >= 4 is 27.3 Å². The summed E-state index contributed by atoms with van der Waals surface area (Å²) in [6.45, 7) is 3.78. The molecule has 0 aliphatic carbocycles. The normalized spacial score (nSPS) is 20.4. The van der Waals surface area contributed by atoms with Crippen molar-refractivity contribution in [3.8, 4) is 0 Å². The Morgan fingerprint density at radius 2 is 2.05 bits per heavy atom. The van der Waals surface area contributed by atoms with Gasteiger partial charge in [0.05, 0.1) is 14.8 Å². The van der Waals surface area contributed by atoms with Crippen LogP contribution in [0.5, 0.6) is 0 Å². The Bertz CT molecular complexity index is 675. The number of sulfonamides is 1. The lowest BCUT2D eigenvalue weighted by molar-refractivity contribution is -0.385. The monoisotopic (exact) mass is 332 g/mol. The van der Waals surface area contributed by atoms with Gasteiger partial charge in [0.25, 0.3) is 5.69 Å². The topological polar surface area (TPSA) is 80.5 Å². The molecule has 1 heterocycles. The predicted molar refractivity (Wildman–Crippen MR) is 80.0 cm³/mol. The molecule has 0 N–H and O–H groups in total. The van der Waals surface area contributed by atoms with E-state index in [4.69, 9.17) is 11.6 Å². The molecule has 6 nitrogen and oxygen atoms in total. The molecule has 116 valence electrons. The molecule has 1 aliphatic rings. The lowest BCUT2D eigenvalue weighted by Gasteiger charge is -2.32. The third-order valence-corrected chi connectivity index (χ3v) is 6.22. The fourth-order valence-corrected chi connectivity index (χ4v) is 4.57. The van der Waals surface area contributed by atoms with E-state index in [1.165, 1.54) is 17.3 Å². The number of nitro benzene ring substituents is 1. The smallest absolute Gasteiger partial charge is 0.258 e. The summed E-state index contributed by atoms with van der Waals surface area (Å²) in [5.74, 6) is 0. The van der Waals surface area contributed by atoms with E-state index >= 15 is 0 Å². The minimum Gasteiger partial charge on any atom is -0.258 e. The molecule has 1 aromatic carbocycles. The fraction of sp³-hybridized carbons (Fsp3) is 0.538. The molecule has 2 rings (SSSR count). The molecule has 1 atom stereocenters. The predicted octanol–water partition coefficient (Wildman–Crippen LogP) is 3.12. The Balaban J connectivity index is 2.52. The number of rotatable bonds is 3. The highest BCUT2D eigenvalue weighted by molar-refractivity contribution is 7.89. The molecular formula is C13H17ClN2O4S. The summed E-state index contributed by atoms with van der Waals surface area (Å²) in [5.41, 5.74) is -0.00181. The molecule has 0 aromatic heterocycles. The molecule has 1 aliphatic heterocycles.